The van der Waals surface area contributed by atoms with Crippen LogP contribution >= 0.6 is 11.6 Å². The number of hydrogen-bond donors (Lipinski definition) is 2. The van der Waals surface area contributed by atoms with Gasteiger partial charge in [-0.15, -0.1) is 0 Å². The number of aliphatic hydroxyl groups is 1. The number of imidazole rings is 1. The van der Waals surface area contributed by atoms with Crippen LogP contribution in [0.1, 0.15) is 12.2 Å². The van der Waals surface area contributed by atoms with Crippen molar-refractivity contribution in [1.29, 1.82) is 0 Å². The standard InChI is InChI=1S/C20H19ClN4O2/c1-24(2)14-6-4-13(5-7-14)22-20(27)18-17(26)9-10-25-16-11-12(21)3-8-15(16)23-19(18)25/h3-8,11,26H,9-10H2,1-2H3,(H,22,27). The average Bonchev–Trinajstić information content (AvgIpc) is 2.99. The Balaban J connectivity index is 1.68. The number of carbonyl (C=O) groups is 1. The van der Waals surface area contributed by atoms with Crippen molar-refractivity contribution in [2.75, 3.05) is 24.3 Å². The molecule has 6 nitrogen and oxygen atoms in total. The monoisotopic (exact) mass is 382 g/mol. The molecule has 0 atom stereocenters. The lowest BCUT2D eigenvalue weighted by atomic mass is 10.1. The first-order valence-electron chi connectivity index (χ1n) is 8.61. The fourth-order valence-corrected chi connectivity index (χ4v) is 3.42. The maximum atomic E-state index is 12.9. The number of aryl methyl sites for hydroxylation is 1. The van der Waals surface area contributed by atoms with E-state index in [0.717, 1.165) is 16.7 Å². The summed E-state index contributed by atoms with van der Waals surface area (Å²) >= 11 is 6.10. The van der Waals surface area contributed by atoms with Gasteiger partial charge in [0.05, 0.1) is 11.0 Å². The fourth-order valence-electron chi connectivity index (χ4n) is 3.25. The molecule has 0 saturated carbocycles. The zero-order valence-corrected chi connectivity index (χ0v) is 15.8. The van der Waals surface area contributed by atoms with Gasteiger partial charge in [-0.1, -0.05) is 11.6 Å². The maximum absolute atomic E-state index is 12.9. The second kappa shape index (κ2) is 6.63. The molecule has 0 fully saturated rings. The molecule has 0 radical (unpaired) electrons. The first-order chi connectivity index (χ1) is 12.9. The molecule has 138 valence electrons. The first-order valence-corrected chi connectivity index (χ1v) is 8.99. The number of halogens is 1. The van der Waals surface area contributed by atoms with Gasteiger partial charge >= 0.3 is 0 Å². The molecule has 2 heterocycles. The predicted octanol–water partition coefficient (Wildman–Crippen LogP) is 4.07. The molecular weight excluding hydrogens is 364 g/mol. The van der Waals surface area contributed by atoms with E-state index in [9.17, 15) is 9.90 Å². The number of anilines is 2. The molecule has 0 aliphatic carbocycles. The molecule has 4 rings (SSSR count). The Morgan fingerprint density at radius 2 is 1.96 bits per heavy atom. The largest absolute Gasteiger partial charge is 0.511 e. The van der Waals surface area contributed by atoms with Crippen LogP contribution in [0.25, 0.3) is 16.6 Å². The van der Waals surface area contributed by atoms with Crippen molar-refractivity contribution >= 4 is 45.5 Å². The number of amides is 1. The summed E-state index contributed by atoms with van der Waals surface area (Å²) in [6, 6.07) is 12.9. The van der Waals surface area contributed by atoms with E-state index < -0.39 is 0 Å². The van der Waals surface area contributed by atoms with E-state index in [1.807, 2.05) is 60.0 Å². The molecule has 0 unspecified atom stereocenters. The predicted molar refractivity (Wildman–Crippen MR) is 108 cm³/mol. The third kappa shape index (κ3) is 3.13. The Kier molecular flexibility index (Phi) is 4.28. The Morgan fingerprint density at radius 1 is 1.22 bits per heavy atom. The number of carbonyl (C=O) groups excluding carboxylic acids is 1. The molecule has 27 heavy (non-hydrogen) atoms. The number of allylic oxidation sites excluding steroid dienone is 1. The summed E-state index contributed by atoms with van der Waals surface area (Å²) in [5.74, 6) is 0.122. The summed E-state index contributed by atoms with van der Waals surface area (Å²) in [4.78, 5) is 19.4. The minimum Gasteiger partial charge on any atom is -0.511 e. The van der Waals surface area contributed by atoms with Crippen LogP contribution in [-0.4, -0.2) is 34.7 Å². The van der Waals surface area contributed by atoms with Gasteiger partial charge in [0.1, 0.15) is 17.2 Å². The molecule has 1 amide bonds. The summed E-state index contributed by atoms with van der Waals surface area (Å²) in [7, 11) is 3.91. The van der Waals surface area contributed by atoms with Crippen molar-refractivity contribution in [3.8, 4) is 0 Å². The van der Waals surface area contributed by atoms with Crippen LogP contribution in [-0.2, 0) is 11.3 Å². The molecule has 1 aromatic heterocycles. The summed E-state index contributed by atoms with van der Waals surface area (Å²) in [5, 5.41) is 13.9. The van der Waals surface area contributed by atoms with Gasteiger partial charge in [0, 0.05) is 43.5 Å². The van der Waals surface area contributed by atoms with Gasteiger partial charge in [-0.3, -0.25) is 4.79 Å². The third-order valence-corrected chi connectivity index (χ3v) is 4.90. The van der Waals surface area contributed by atoms with Crippen LogP contribution in [0.3, 0.4) is 0 Å². The van der Waals surface area contributed by atoms with Gasteiger partial charge in [0.2, 0.25) is 0 Å². The highest BCUT2D eigenvalue weighted by atomic mass is 35.5. The normalized spacial score (nSPS) is 13.6. The summed E-state index contributed by atoms with van der Waals surface area (Å²) in [6.07, 6.45) is 0.368. The molecule has 3 aromatic rings. The van der Waals surface area contributed by atoms with Crippen molar-refractivity contribution < 1.29 is 9.90 Å². The number of aliphatic hydroxyl groups excluding tert-OH is 1. The summed E-state index contributed by atoms with van der Waals surface area (Å²) in [6.45, 7) is 0.548. The summed E-state index contributed by atoms with van der Waals surface area (Å²) < 4.78 is 1.92. The van der Waals surface area contributed by atoms with Crippen LogP contribution in [0, 0.1) is 0 Å². The second-order valence-corrected chi connectivity index (χ2v) is 7.12. The zero-order valence-electron chi connectivity index (χ0n) is 15.0. The van der Waals surface area contributed by atoms with Crippen molar-refractivity contribution in [2.45, 2.75) is 13.0 Å². The molecule has 1 aliphatic rings. The average molecular weight is 383 g/mol. The molecule has 7 heteroatoms. The molecule has 0 saturated heterocycles. The van der Waals surface area contributed by atoms with E-state index in [2.05, 4.69) is 10.3 Å². The van der Waals surface area contributed by atoms with E-state index >= 15 is 0 Å². The lowest BCUT2D eigenvalue weighted by Gasteiger charge is -2.19. The van der Waals surface area contributed by atoms with Crippen LogP contribution in [0.2, 0.25) is 5.02 Å². The van der Waals surface area contributed by atoms with E-state index in [0.29, 0.717) is 29.5 Å². The third-order valence-electron chi connectivity index (χ3n) is 4.66. The van der Waals surface area contributed by atoms with Crippen molar-refractivity contribution in [1.82, 2.24) is 9.55 Å². The SMILES string of the molecule is CN(C)c1ccc(NC(=O)C2=C(O)CCn3c2nc2ccc(Cl)cc23)cc1. The quantitative estimate of drug-likeness (QED) is 0.716. The van der Waals surface area contributed by atoms with Gasteiger partial charge in [-0.2, -0.15) is 0 Å². The van der Waals surface area contributed by atoms with Crippen LogP contribution in [0.15, 0.2) is 48.2 Å². The van der Waals surface area contributed by atoms with Gasteiger partial charge in [0.25, 0.3) is 5.91 Å². The van der Waals surface area contributed by atoms with Crippen LogP contribution in [0.5, 0.6) is 0 Å². The molecule has 2 aromatic carbocycles. The van der Waals surface area contributed by atoms with Gasteiger partial charge in [0.15, 0.2) is 0 Å². The molecule has 2 N–H and O–H groups in total. The topological polar surface area (TPSA) is 70.4 Å². The van der Waals surface area contributed by atoms with E-state index in [1.165, 1.54) is 0 Å². The highest BCUT2D eigenvalue weighted by Crippen LogP contribution is 2.31. The van der Waals surface area contributed by atoms with Crippen LogP contribution in [0.4, 0.5) is 11.4 Å². The Labute approximate surface area is 161 Å². The van der Waals surface area contributed by atoms with E-state index in [4.69, 9.17) is 11.6 Å². The number of rotatable bonds is 3. The van der Waals surface area contributed by atoms with Gasteiger partial charge in [-0.05, 0) is 42.5 Å². The highest BCUT2D eigenvalue weighted by molar-refractivity contribution is 6.31. The highest BCUT2D eigenvalue weighted by Gasteiger charge is 2.28. The number of aromatic nitrogens is 2. The lowest BCUT2D eigenvalue weighted by Crippen LogP contribution is -2.22. The Morgan fingerprint density at radius 3 is 2.67 bits per heavy atom. The number of hydrogen-bond acceptors (Lipinski definition) is 4. The smallest absolute Gasteiger partial charge is 0.262 e. The number of nitrogens with one attached hydrogen (secondary N) is 1. The zero-order chi connectivity index (χ0) is 19.1. The van der Waals surface area contributed by atoms with Crippen molar-refractivity contribution in [2.24, 2.45) is 0 Å². The number of benzene rings is 2. The first kappa shape index (κ1) is 17.4. The molecular formula is C20H19ClN4O2. The van der Waals surface area contributed by atoms with Crippen molar-refractivity contribution in [3.05, 3.63) is 59.1 Å². The van der Waals surface area contributed by atoms with Gasteiger partial charge < -0.3 is 19.9 Å². The molecule has 0 bridgehead atoms. The Hall–Kier alpha value is -2.99. The molecule has 1 aliphatic heterocycles. The fraction of sp³-hybridized carbons (Fsp3) is 0.200. The van der Waals surface area contributed by atoms with Gasteiger partial charge in [-0.25, -0.2) is 4.98 Å². The minimum atomic E-state index is -0.382. The van der Waals surface area contributed by atoms with E-state index in [1.54, 1.807) is 6.07 Å². The number of nitrogens with zero attached hydrogens (tertiary/aromatic N) is 3. The second-order valence-electron chi connectivity index (χ2n) is 6.69. The summed E-state index contributed by atoms with van der Waals surface area (Å²) in [5.41, 5.74) is 3.48. The minimum absolute atomic E-state index is 0.0475. The van der Waals surface area contributed by atoms with Crippen molar-refractivity contribution in [3.63, 3.8) is 0 Å². The van der Waals surface area contributed by atoms with Crippen LogP contribution < -0.4 is 10.2 Å². The Bertz CT molecular complexity index is 1070. The lowest BCUT2D eigenvalue weighted by molar-refractivity contribution is -0.111. The maximum Gasteiger partial charge on any atom is 0.262 e. The number of fused-ring (bicyclic) bond motifs is 3. The molecule has 0 spiro atoms. The van der Waals surface area contributed by atoms with E-state index in [-0.39, 0.29) is 17.2 Å².